The lowest BCUT2D eigenvalue weighted by Crippen LogP contribution is -2.24. The molecule has 55 heavy (non-hydrogen) atoms. The van der Waals surface area contributed by atoms with Gasteiger partial charge in [-0.1, -0.05) is 148 Å². The number of allylic oxidation sites excluding steroid dienone is 2. The van der Waals surface area contributed by atoms with Crippen molar-refractivity contribution < 1.29 is 4.42 Å². The fourth-order valence-electron chi connectivity index (χ4n) is 10.5. The van der Waals surface area contributed by atoms with Crippen molar-refractivity contribution >= 4 is 44.6 Å². The second-order valence-corrected chi connectivity index (χ2v) is 18.7. The van der Waals surface area contributed by atoms with Gasteiger partial charge in [-0.3, -0.25) is 0 Å². The minimum atomic E-state index is -0.290. The molecular weight excluding hydrogens is 667 g/mol. The first-order valence-electron chi connectivity index (χ1n) is 19.7. The molecule has 0 fully saturated rings. The fourth-order valence-corrected chi connectivity index (χ4v) is 10.5. The molecule has 1 heterocycles. The molecule has 2 heteroatoms. The van der Waals surface area contributed by atoms with E-state index >= 15 is 0 Å². The minimum absolute atomic E-state index is 0.0747. The summed E-state index contributed by atoms with van der Waals surface area (Å²) in [6.45, 7) is 30.1. The van der Waals surface area contributed by atoms with Crippen molar-refractivity contribution in [2.75, 3.05) is 4.90 Å². The molecule has 0 saturated carbocycles. The van der Waals surface area contributed by atoms with Gasteiger partial charge in [-0.2, -0.15) is 0 Å². The Labute approximate surface area is 325 Å². The first-order valence-corrected chi connectivity index (χ1v) is 19.7. The van der Waals surface area contributed by atoms with Crippen LogP contribution in [0.15, 0.2) is 132 Å². The van der Waals surface area contributed by atoms with Crippen LogP contribution in [0.1, 0.15) is 101 Å². The van der Waals surface area contributed by atoms with E-state index in [0.717, 1.165) is 33.7 Å². The van der Waals surface area contributed by atoms with Crippen molar-refractivity contribution in [1.82, 2.24) is 0 Å². The molecule has 0 saturated heterocycles. The third kappa shape index (κ3) is 4.31. The number of para-hydroxylation sites is 2. The van der Waals surface area contributed by atoms with E-state index in [4.69, 9.17) is 4.42 Å². The zero-order chi connectivity index (χ0) is 38.6. The number of benzene rings is 6. The van der Waals surface area contributed by atoms with Crippen molar-refractivity contribution in [3.05, 3.63) is 167 Å². The smallest absolute Gasteiger partial charge is 0.144 e. The highest BCUT2D eigenvalue weighted by Gasteiger charge is 2.48. The van der Waals surface area contributed by atoms with Gasteiger partial charge in [0.2, 0.25) is 0 Å². The van der Waals surface area contributed by atoms with E-state index in [1.54, 1.807) is 0 Å². The van der Waals surface area contributed by atoms with E-state index in [0.29, 0.717) is 0 Å². The molecule has 10 rings (SSSR count). The molecule has 0 radical (unpaired) electrons. The Balaban J connectivity index is 1.27. The monoisotopic (exact) mass is 715 g/mol. The van der Waals surface area contributed by atoms with Gasteiger partial charge in [0.25, 0.3) is 0 Å². The zero-order valence-electron chi connectivity index (χ0n) is 33.7. The first kappa shape index (κ1) is 33.9. The van der Waals surface area contributed by atoms with Crippen LogP contribution in [0.3, 0.4) is 0 Å². The number of anilines is 3. The van der Waals surface area contributed by atoms with E-state index in [-0.39, 0.29) is 21.7 Å². The van der Waals surface area contributed by atoms with Gasteiger partial charge in [0, 0.05) is 49.6 Å². The summed E-state index contributed by atoms with van der Waals surface area (Å²) in [7, 11) is 0. The molecule has 0 N–H and O–H groups in total. The number of hydrogen-bond donors (Lipinski definition) is 0. The topological polar surface area (TPSA) is 16.4 Å². The van der Waals surface area contributed by atoms with Crippen LogP contribution in [0.25, 0.3) is 49.8 Å². The Morgan fingerprint density at radius 2 is 1.13 bits per heavy atom. The molecule has 2 nitrogen and oxygen atoms in total. The first-order chi connectivity index (χ1) is 26.0. The second kappa shape index (κ2) is 10.8. The van der Waals surface area contributed by atoms with Gasteiger partial charge in [0.15, 0.2) is 0 Å². The Morgan fingerprint density at radius 1 is 0.564 bits per heavy atom. The average Bonchev–Trinajstić information content (AvgIpc) is 3.78. The van der Waals surface area contributed by atoms with Crippen molar-refractivity contribution in [2.24, 2.45) is 0 Å². The minimum Gasteiger partial charge on any atom is -0.455 e. The second-order valence-electron chi connectivity index (χ2n) is 18.7. The number of fused-ring (bicyclic) bond motifs is 13. The lowest BCUT2D eigenvalue weighted by Gasteiger charge is -2.34. The number of nitrogens with zero attached hydrogens (tertiary/aromatic N) is 1. The van der Waals surface area contributed by atoms with E-state index in [2.05, 4.69) is 190 Å². The van der Waals surface area contributed by atoms with E-state index < -0.39 is 0 Å². The van der Waals surface area contributed by atoms with Gasteiger partial charge in [0.05, 0.1) is 0 Å². The van der Waals surface area contributed by atoms with Crippen molar-refractivity contribution in [2.45, 2.75) is 84.0 Å². The quantitative estimate of drug-likeness (QED) is 0.181. The van der Waals surface area contributed by atoms with Gasteiger partial charge < -0.3 is 9.32 Å². The highest BCUT2D eigenvalue weighted by molar-refractivity contribution is 6.20. The molecule has 7 aromatic rings. The zero-order valence-corrected chi connectivity index (χ0v) is 33.7. The van der Waals surface area contributed by atoms with Gasteiger partial charge in [-0.15, -0.1) is 0 Å². The van der Waals surface area contributed by atoms with Gasteiger partial charge in [0.1, 0.15) is 11.2 Å². The third-order valence-electron chi connectivity index (χ3n) is 13.5. The average molecular weight is 716 g/mol. The summed E-state index contributed by atoms with van der Waals surface area (Å²) in [5, 5.41) is 2.41. The number of furan rings is 1. The summed E-state index contributed by atoms with van der Waals surface area (Å²) in [4.78, 5) is 2.49. The maximum Gasteiger partial charge on any atom is 0.144 e. The fraction of sp³-hybridized carbons (Fsp3) is 0.245. The Bertz CT molecular complexity index is 2860. The summed E-state index contributed by atoms with van der Waals surface area (Å²) in [5.74, 6) is 0. The standard InChI is InChI=1S/C53H49NO/c1-30-31(2)51(6,7)40-28-32(24-26-34(30)40)54(42-22-16-15-21-39(42)50(3,4)5)33-25-27-36-41(29-33)53(10,11)47-44(36)45-37-19-13-17-23-43(37)55-49(45)46-35-18-12-14-20-38(35)52(8,9)48(46)47/h12-29H,1-2H2,3-11H3. The summed E-state index contributed by atoms with van der Waals surface area (Å²) in [6.07, 6.45) is 0. The predicted octanol–water partition coefficient (Wildman–Crippen LogP) is 14.8. The van der Waals surface area contributed by atoms with E-state index in [1.165, 1.54) is 77.7 Å². The highest BCUT2D eigenvalue weighted by Crippen LogP contribution is 2.63. The van der Waals surface area contributed by atoms with Gasteiger partial charge >= 0.3 is 0 Å². The molecule has 272 valence electrons. The summed E-state index contributed by atoms with van der Waals surface area (Å²) >= 11 is 0. The van der Waals surface area contributed by atoms with Crippen LogP contribution in [0.2, 0.25) is 0 Å². The lowest BCUT2D eigenvalue weighted by atomic mass is 9.72. The largest absolute Gasteiger partial charge is 0.455 e. The van der Waals surface area contributed by atoms with Gasteiger partial charge in [-0.05, 0) is 109 Å². The Kier molecular flexibility index (Phi) is 6.66. The molecule has 0 atom stereocenters. The number of rotatable bonds is 3. The van der Waals surface area contributed by atoms with Crippen LogP contribution < -0.4 is 4.90 Å². The molecular formula is C53H49NO. The summed E-state index contributed by atoms with van der Waals surface area (Å²) in [5.41, 5.74) is 21.3. The SMILES string of the molecule is C=C1C(=C)C(C)(C)c2cc(N(c3ccc4c(c3)C(C)(C)c3c5c(c6oc7ccccc7c6c3-4)-c3ccccc3C5(C)C)c3ccccc3C(C)(C)C)ccc21. The summed E-state index contributed by atoms with van der Waals surface area (Å²) < 4.78 is 6.92. The van der Waals surface area contributed by atoms with E-state index in [1.807, 2.05) is 0 Å². The van der Waals surface area contributed by atoms with Crippen molar-refractivity contribution in [3.63, 3.8) is 0 Å². The molecule has 0 unspecified atom stereocenters. The molecule has 1 aromatic heterocycles. The van der Waals surface area contributed by atoms with E-state index in [9.17, 15) is 0 Å². The van der Waals surface area contributed by atoms with Crippen LogP contribution in [-0.2, 0) is 21.7 Å². The van der Waals surface area contributed by atoms with Crippen LogP contribution >= 0.6 is 0 Å². The van der Waals surface area contributed by atoms with Crippen LogP contribution in [0.4, 0.5) is 17.1 Å². The van der Waals surface area contributed by atoms with Crippen LogP contribution in [0, 0.1) is 0 Å². The third-order valence-corrected chi connectivity index (χ3v) is 13.5. The van der Waals surface area contributed by atoms with Crippen molar-refractivity contribution in [3.8, 4) is 22.3 Å². The van der Waals surface area contributed by atoms with Gasteiger partial charge in [-0.25, -0.2) is 0 Å². The maximum atomic E-state index is 6.92. The molecule has 3 aliphatic rings. The summed E-state index contributed by atoms with van der Waals surface area (Å²) in [6, 6.07) is 40.6. The molecule has 6 aromatic carbocycles. The molecule has 0 spiro atoms. The van der Waals surface area contributed by atoms with Crippen LogP contribution in [-0.4, -0.2) is 0 Å². The van der Waals surface area contributed by atoms with Crippen molar-refractivity contribution in [1.29, 1.82) is 0 Å². The maximum absolute atomic E-state index is 6.92. The molecule has 3 aliphatic carbocycles. The lowest BCUT2D eigenvalue weighted by molar-refractivity contribution is 0.591. The normalized spacial score (nSPS) is 17.0. The Morgan fingerprint density at radius 3 is 1.85 bits per heavy atom. The molecule has 0 bridgehead atoms. The predicted molar refractivity (Wildman–Crippen MR) is 233 cm³/mol. The number of hydrogen-bond acceptors (Lipinski definition) is 2. The van der Waals surface area contributed by atoms with Crippen LogP contribution in [0.5, 0.6) is 0 Å². The molecule has 0 amide bonds. The Hall–Kier alpha value is -5.60. The molecule has 0 aliphatic heterocycles. The highest BCUT2D eigenvalue weighted by atomic mass is 16.3.